The predicted molar refractivity (Wildman–Crippen MR) is 87.5 cm³/mol. The molecule has 0 bridgehead atoms. The van der Waals surface area contributed by atoms with Crippen molar-refractivity contribution in [3.63, 3.8) is 0 Å². The topological polar surface area (TPSA) is 54.0 Å². The maximum absolute atomic E-state index is 12.2. The van der Waals surface area contributed by atoms with E-state index in [1.165, 1.54) is 32.7 Å². The molecule has 0 fully saturated rings. The lowest BCUT2D eigenvalue weighted by atomic mass is 10.1. The summed E-state index contributed by atoms with van der Waals surface area (Å²) in [5, 5.41) is 1.86. The molecule has 2 rings (SSSR count). The zero-order valence-electron chi connectivity index (χ0n) is 13.6. The van der Waals surface area contributed by atoms with Crippen LogP contribution in [0.4, 0.5) is 0 Å². The number of thiophene rings is 1. The fourth-order valence-electron chi connectivity index (χ4n) is 2.27. The fourth-order valence-corrected chi connectivity index (χ4v) is 3.33. The van der Waals surface area contributed by atoms with Crippen LogP contribution in [0.15, 0.2) is 35.7 Å². The van der Waals surface area contributed by atoms with Crippen LogP contribution in [0.25, 0.3) is 0 Å². The molecule has 0 aliphatic carbocycles. The van der Waals surface area contributed by atoms with Gasteiger partial charge in [0.15, 0.2) is 0 Å². The van der Waals surface area contributed by atoms with Gasteiger partial charge in [0.25, 0.3) is 0 Å². The molecule has 0 saturated heterocycles. The number of carbonyl (C=O) groups is 1. The first-order valence-electron chi connectivity index (χ1n) is 7.03. The molecule has 0 aliphatic heterocycles. The Hall–Kier alpha value is -1.89. The number of para-hydroxylation sites is 1. The maximum atomic E-state index is 12.2. The zero-order chi connectivity index (χ0) is 16.9. The minimum Gasteiger partial charge on any atom is -0.489 e. The zero-order valence-corrected chi connectivity index (χ0v) is 14.4. The molecule has 0 N–H and O–H groups in total. The summed E-state index contributed by atoms with van der Waals surface area (Å²) in [7, 11) is 4.12. The highest BCUT2D eigenvalue weighted by Gasteiger charge is 2.45. The summed E-state index contributed by atoms with van der Waals surface area (Å²) in [6, 6.07) is 9.64. The van der Waals surface area contributed by atoms with Gasteiger partial charge in [-0.15, -0.1) is 11.3 Å². The van der Waals surface area contributed by atoms with E-state index in [2.05, 4.69) is 0 Å². The SMILES string of the molecule is COC(=O)C(OC)(OC)c1sccc1COc1ccccc1C. The molecule has 0 radical (unpaired) electrons. The second-order valence-electron chi connectivity index (χ2n) is 4.85. The Morgan fingerprint density at radius 2 is 1.83 bits per heavy atom. The Morgan fingerprint density at radius 1 is 1.13 bits per heavy atom. The fraction of sp³-hybridized carbons (Fsp3) is 0.353. The summed E-state index contributed by atoms with van der Waals surface area (Å²) in [5.74, 6) is -1.39. The van der Waals surface area contributed by atoms with E-state index in [0.717, 1.165) is 16.9 Å². The Labute approximate surface area is 139 Å². The van der Waals surface area contributed by atoms with E-state index >= 15 is 0 Å². The Morgan fingerprint density at radius 3 is 2.43 bits per heavy atom. The van der Waals surface area contributed by atoms with Crippen molar-refractivity contribution in [1.29, 1.82) is 0 Å². The van der Waals surface area contributed by atoms with Gasteiger partial charge in [-0.2, -0.15) is 0 Å². The summed E-state index contributed by atoms with van der Waals surface area (Å²) in [4.78, 5) is 12.8. The molecule has 2 aromatic rings. The molecule has 124 valence electrons. The molecule has 0 atom stereocenters. The lowest BCUT2D eigenvalue weighted by molar-refractivity contribution is -0.232. The van der Waals surface area contributed by atoms with Crippen molar-refractivity contribution in [3.8, 4) is 5.75 Å². The van der Waals surface area contributed by atoms with Crippen LogP contribution in [0, 0.1) is 6.92 Å². The molecule has 1 heterocycles. The van der Waals surface area contributed by atoms with Crippen LogP contribution in [0.1, 0.15) is 16.0 Å². The van der Waals surface area contributed by atoms with Crippen molar-refractivity contribution < 1.29 is 23.7 Å². The van der Waals surface area contributed by atoms with Gasteiger partial charge in [-0.25, -0.2) is 4.79 Å². The first kappa shape index (κ1) is 17.5. The minimum atomic E-state index is -1.58. The summed E-state index contributed by atoms with van der Waals surface area (Å²) in [5.41, 5.74) is 1.86. The monoisotopic (exact) mass is 336 g/mol. The summed E-state index contributed by atoms with van der Waals surface area (Å²) in [6.07, 6.45) is 0. The minimum absolute atomic E-state index is 0.301. The summed E-state index contributed by atoms with van der Waals surface area (Å²) >= 11 is 1.36. The highest BCUT2D eigenvalue weighted by Crippen LogP contribution is 2.35. The molecule has 23 heavy (non-hydrogen) atoms. The van der Waals surface area contributed by atoms with Crippen LogP contribution in [0.3, 0.4) is 0 Å². The van der Waals surface area contributed by atoms with E-state index in [9.17, 15) is 4.79 Å². The first-order chi connectivity index (χ1) is 11.1. The van der Waals surface area contributed by atoms with Gasteiger partial charge in [0.2, 0.25) is 0 Å². The number of esters is 1. The highest BCUT2D eigenvalue weighted by atomic mass is 32.1. The number of benzene rings is 1. The average molecular weight is 336 g/mol. The van der Waals surface area contributed by atoms with E-state index in [4.69, 9.17) is 18.9 Å². The molecule has 5 nitrogen and oxygen atoms in total. The molecule has 1 aromatic carbocycles. The van der Waals surface area contributed by atoms with Crippen LogP contribution in [-0.4, -0.2) is 27.3 Å². The van der Waals surface area contributed by atoms with Crippen molar-refractivity contribution in [1.82, 2.24) is 0 Å². The largest absolute Gasteiger partial charge is 0.489 e. The molecule has 0 unspecified atom stereocenters. The third-order valence-corrected chi connectivity index (χ3v) is 4.59. The van der Waals surface area contributed by atoms with E-state index in [-0.39, 0.29) is 0 Å². The van der Waals surface area contributed by atoms with Crippen LogP contribution < -0.4 is 4.74 Å². The standard InChI is InChI=1S/C17H20O5S/c1-12-7-5-6-8-14(12)22-11-13-9-10-23-15(13)17(20-3,21-4)16(18)19-2/h5-10H,11H2,1-4H3. The van der Waals surface area contributed by atoms with Gasteiger partial charge in [-0.3, -0.25) is 0 Å². The Bertz CT molecular complexity index is 661. The average Bonchev–Trinajstić information content (AvgIpc) is 3.04. The Balaban J connectivity index is 2.28. The molecule has 0 aliphatic rings. The van der Waals surface area contributed by atoms with Gasteiger partial charge in [-0.05, 0) is 30.0 Å². The number of hydrogen-bond acceptors (Lipinski definition) is 6. The van der Waals surface area contributed by atoms with Crippen LogP contribution in [0.2, 0.25) is 0 Å². The summed E-state index contributed by atoms with van der Waals surface area (Å²) in [6.45, 7) is 2.28. The van der Waals surface area contributed by atoms with Gasteiger partial charge in [0.1, 0.15) is 12.4 Å². The van der Waals surface area contributed by atoms with Crippen LogP contribution in [0.5, 0.6) is 5.75 Å². The third kappa shape index (κ3) is 3.39. The summed E-state index contributed by atoms with van der Waals surface area (Å²) < 4.78 is 21.4. The number of aryl methyl sites for hydroxylation is 1. The van der Waals surface area contributed by atoms with E-state index in [0.29, 0.717) is 11.5 Å². The van der Waals surface area contributed by atoms with E-state index in [1.54, 1.807) is 0 Å². The van der Waals surface area contributed by atoms with Gasteiger partial charge >= 0.3 is 11.8 Å². The first-order valence-corrected chi connectivity index (χ1v) is 7.91. The van der Waals surface area contributed by atoms with Crippen molar-refractivity contribution in [2.75, 3.05) is 21.3 Å². The van der Waals surface area contributed by atoms with E-state index < -0.39 is 11.8 Å². The van der Waals surface area contributed by atoms with Gasteiger partial charge < -0.3 is 18.9 Å². The second kappa shape index (κ2) is 7.59. The predicted octanol–water partition coefficient (Wildman–Crippen LogP) is 3.25. The van der Waals surface area contributed by atoms with Crippen molar-refractivity contribution in [2.24, 2.45) is 0 Å². The Kier molecular flexibility index (Phi) is 5.76. The molecule has 1 aromatic heterocycles. The third-order valence-electron chi connectivity index (χ3n) is 3.55. The smallest absolute Gasteiger partial charge is 0.372 e. The lowest BCUT2D eigenvalue weighted by Gasteiger charge is -2.27. The van der Waals surface area contributed by atoms with Gasteiger partial charge in [-0.1, -0.05) is 18.2 Å². The van der Waals surface area contributed by atoms with Crippen molar-refractivity contribution in [2.45, 2.75) is 19.3 Å². The number of hydrogen-bond donors (Lipinski definition) is 0. The molecule has 0 saturated carbocycles. The molecule has 0 spiro atoms. The van der Waals surface area contributed by atoms with Gasteiger partial charge in [0.05, 0.1) is 12.0 Å². The van der Waals surface area contributed by atoms with Crippen LogP contribution in [-0.2, 0) is 31.4 Å². The number of methoxy groups -OCH3 is 3. The molecule has 6 heteroatoms. The number of rotatable bonds is 7. The highest BCUT2D eigenvalue weighted by molar-refractivity contribution is 7.10. The quantitative estimate of drug-likeness (QED) is 0.574. The van der Waals surface area contributed by atoms with Gasteiger partial charge in [0, 0.05) is 19.8 Å². The molecular formula is C17H20O5S. The van der Waals surface area contributed by atoms with Crippen molar-refractivity contribution >= 4 is 17.3 Å². The van der Waals surface area contributed by atoms with Crippen LogP contribution >= 0.6 is 11.3 Å². The second-order valence-corrected chi connectivity index (χ2v) is 5.76. The number of carbonyl (C=O) groups excluding carboxylic acids is 1. The molecule has 0 amide bonds. The normalized spacial score (nSPS) is 11.3. The lowest BCUT2D eigenvalue weighted by Crippen LogP contribution is -2.40. The van der Waals surface area contributed by atoms with Crippen molar-refractivity contribution in [3.05, 3.63) is 51.7 Å². The number of ether oxygens (including phenoxy) is 4. The molecular weight excluding hydrogens is 316 g/mol. The van der Waals surface area contributed by atoms with E-state index in [1.807, 2.05) is 42.6 Å². The maximum Gasteiger partial charge on any atom is 0.372 e.